The number of anilines is 1. The van der Waals surface area contributed by atoms with Gasteiger partial charge in [-0.05, 0) is 42.8 Å². The van der Waals surface area contributed by atoms with Crippen molar-refractivity contribution in [2.45, 2.75) is 11.8 Å². The number of nitrogens with zero attached hydrogens (tertiary/aromatic N) is 2. The van der Waals surface area contributed by atoms with E-state index in [0.29, 0.717) is 11.3 Å². The highest BCUT2D eigenvalue weighted by atomic mass is 32.2. The largest absolute Gasteiger partial charge is 0.269 e. The van der Waals surface area contributed by atoms with Gasteiger partial charge in [-0.2, -0.15) is 5.26 Å². The summed E-state index contributed by atoms with van der Waals surface area (Å²) in [6.07, 6.45) is 0. The van der Waals surface area contributed by atoms with Crippen molar-refractivity contribution in [3.05, 3.63) is 59.7 Å². The van der Waals surface area contributed by atoms with E-state index in [1.165, 1.54) is 11.4 Å². The molecule has 4 nitrogen and oxygen atoms in total. The molecule has 0 heterocycles. The van der Waals surface area contributed by atoms with Gasteiger partial charge in [0.1, 0.15) is 0 Å². The van der Waals surface area contributed by atoms with E-state index in [0.717, 1.165) is 5.56 Å². The molecule has 2 aromatic rings. The van der Waals surface area contributed by atoms with Crippen LogP contribution >= 0.6 is 0 Å². The molecule has 0 saturated carbocycles. The van der Waals surface area contributed by atoms with Gasteiger partial charge in [0, 0.05) is 7.05 Å². The Morgan fingerprint density at radius 3 is 2.45 bits per heavy atom. The molecule has 0 amide bonds. The summed E-state index contributed by atoms with van der Waals surface area (Å²) in [5.74, 6) is 0. The predicted octanol–water partition coefficient (Wildman–Crippen LogP) is 2.69. The zero-order valence-corrected chi connectivity index (χ0v) is 12.1. The van der Waals surface area contributed by atoms with Gasteiger partial charge in [0.25, 0.3) is 10.0 Å². The van der Waals surface area contributed by atoms with Gasteiger partial charge in [-0.25, -0.2) is 8.42 Å². The van der Waals surface area contributed by atoms with Gasteiger partial charge in [-0.1, -0.05) is 18.2 Å². The van der Waals surface area contributed by atoms with Crippen LogP contribution in [0.2, 0.25) is 0 Å². The van der Waals surface area contributed by atoms with Gasteiger partial charge in [0.2, 0.25) is 0 Å². The molecular weight excluding hydrogens is 272 g/mol. The maximum Gasteiger partial charge on any atom is 0.264 e. The van der Waals surface area contributed by atoms with Gasteiger partial charge < -0.3 is 0 Å². The Bertz CT molecular complexity index is 776. The van der Waals surface area contributed by atoms with Crippen LogP contribution in [0.25, 0.3) is 0 Å². The molecule has 0 aliphatic rings. The fraction of sp³-hybridized carbons (Fsp3) is 0.133. The fourth-order valence-corrected chi connectivity index (χ4v) is 3.14. The summed E-state index contributed by atoms with van der Waals surface area (Å²) >= 11 is 0. The van der Waals surface area contributed by atoms with E-state index in [9.17, 15) is 8.42 Å². The molecule has 0 atom stereocenters. The van der Waals surface area contributed by atoms with Crippen LogP contribution in [0.1, 0.15) is 11.1 Å². The van der Waals surface area contributed by atoms with Crippen molar-refractivity contribution in [2.24, 2.45) is 0 Å². The number of aryl methyl sites for hydroxylation is 1. The smallest absolute Gasteiger partial charge is 0.264 e. The lowest BCUT2D eigenvalue weighted by atomic mass is 10.2. The average molecular weight is 286 g/mol. The van der Waals surface area contributed by atoms with Crippen molar-refractivity contribution in [1.29, 1.82) is 5.26 Å². The van der Waals surface area contributed by atoms with Crippen molar-refractivity contribution in [3.8, 4) is 6.07 Å². The van der Waals surface area contributed by atoms with E-state index in [2.05, 4.69) is 0 Å². The summed E-state index contributed by atoms with van der Waals surface area (Å²) in [5.41, 5.74) is 1.77. The third-order valence-electron chi connectivity index (χ3n) is 2.99. The first-order chi connectivity index (χ1) is 9.45. The second-order valence-electron chi connectivity index (χ2n) is 4.45. The third kappa shape index (κ3) is 2.65. The molecule has 0 saturated heterocycles. The van der Waals surface area contributed by atoms with E-state index in [1.54, 1.807) is 42.5 Å². The van der Waals surface area contributed by atoms with Crippen molar-refractivity contribution in [1.82, 2.24) is 0 Å². The summed E-state index contributed by atoms with van der Waals surface area (Å²) in [5, 5.41) is 8.88. The van der Waals surface area contributed by atoms with Crippen LogP contribution in [0.4, 0.5) is 5.69 Å². The molecule has 0 aromatic heterocycles. The molecule has 2 aromatic carbocycles. The quantitative estimate of drug-likeness (QED) is 0.871. The van der Waals surface area contributed by atoms with Crippen LogP contribution in [0.5, 0.6) is 0 Å². The summed E-state index contributed by atoms with van der Waals surface area (Å²) in [6, 6.07) is 15.2. The molecule has 0 radical (unpaired) electrons. The minimum atomic E-state index is -3.62. The highest BCUT2D eigenvalue weighted by Gasteiger charge is 2.21. The third-order valence-corrected chi connectivity index (χ3v) is 4.77. The first-order valence-electron chi connectivity index (χ1n) is 6.01. The van der Waals surface area contributed by atoms with Crippen molar-refractivity contribution in [2.75, 3.05) is 11.4 Å². The van der Waals surface area contributed by atoms with Gasteiger partial charge in [0.15, 0.2) is 0 Å². The monoisotopic (exact) mass is 286 g/mol. The van der Waals surface area contributed by atoms with E-state index in [4.69, 9.17) is 5.26 Å². The van der Waals surface area contributed by atoms with Crippen LogP contribution in [0.15, 0.2) is 53.4 Å². The standard InChI is InChI=1S/C15H14N2O2S/c1-12-5-3-8-15(9-12)20(18,19)17(2)14-7-4-6-13(10-14)11-16/h3-10H,1-2H3. The molecule has 0 N–H and O–H groups in total. The van der Waals surface area contributed by atoms with E-state index < -0.39 is 10.0 Å². The zero-order chi connectivity index (χ0) is 14.8. The Kier molecular flexibility index (Phi) is 3.77. The first-order valence-corrected chi connectivity index (χ1v) is 7.45. The molecule has 102 valence electrons. The molecule has 0 bridgehead atoms. The van der Waals surface area contributed by atoms with Crippen molar-refractivity contribution >= 4 is 15.7 Å². The number of hydrogen-bond acceptors (Lipinski definition) is 3. The van der Waals surface area contributed by atoms with E-state index >= 15 is 0 Å². The maximum absolute atomic E-state index is 12.5. The molecule has 0 fully saturated rings. The minimum Gasteiger partial charge on any atom is -0.269 e. The lowest BCUT2D eigenvalue weighted by molar-refractivity contribution is 0.594. The molecule has 2 rings (SSSR count). The Labute approximate surface area is 118 Å². The van der Waals surface area contributed by atoms with Crippen LogP contribution < -0.4 is 4.31 Å². The number of nitriles is 1. The lowest BCUT2D eigenvalue weighted by Crippen LogP contribution is -2.26. The topological polar surface area (TPSA) is 61.2 Å². The number of benzene rings is 2. The average Bonchev–Trinajstić information content (AvgIpc) is 2.46. The number of hydrogen-bond donors (Lipinski definition) is 0. The summed E-state index contributed by atoms with van der Waals surface area (Å²) in [7, 11) is -2.14. The summed E-state index contributed by atoms with van der Waals surface area (Å²) in [4.78, 5) is 0.238. The van der Waals surface area contributed by atoms with E-state index in [1.807, 2.05) is 19.1 Å². The Morgan fingerprint density at radius 1 is 1.10 bits per heavy atom. The van der Waals surface area contributed by atoms with Crippen LogP contribution in [0, 0.1) is 18.3 Å². The summed E-state index contributed by atoms with van der Waals surface area (Å²) in [6.45, 7) is 1.84. The summed E-state index contributed by atoms with van der Waals surface area (Å²) < 4.78 is 26.2. The van der Waals surface area contributed by atoms with Gasteiger partial charge in [-0.15, -0.1) is 0 Å². The Morgan fingerprint density at radius 2 is 1.80 bits per heavy atom. The normalized spacial score (nSPS) is 10.8. The van der Waals surface area contributed by atoms with Crippen LogP contribution in [-0.2, 0) is 10.0 Å². The highest BCUT2D eigenvalue weighted by molar-refractivity contribution is 7.92. The Hall–Kier alpha value is -2.32. The maximum atomic E-state index is 12.5. The highest BCUT2D eigenvalue weighted by Crippen LogP contribution is 2.23. The Balaban J connectivity index is 2.46. The molecule has 20 heavy (non-hydrogen) atoms. The minimum absolute atomic E-state index is 0.238. The molecule has 0 aliphatic heterocycles. The first kappa shape index (κ1) is 14.1. The molecule has 0 aliphatic carbocycles. The number of sulfonamides is 1. The number of rotatable bonds is 3. The predicted molar refractivity (Wildman–Crippen MR) is 77.9 cm³/mol. The van der Waals surface area contributed by atoms with E-state index in [-0.39, 0.29) is 4.90 Å². The SMILES string of the molecule is Cc1cccc(S(=O)(=O)N(C)c2cccc(C#N)c2)c1. The van der Waals surface area contributed by atoms with Gasteiger partial charge in [0.05, 0.1) is 22.2 Å². The lowest BCUT2D eigenvalue weighted by Gasteiger charge is -2.19. The van der Waals surface area contributed by atoms with Crippen LogP contribution in [0.3, 0.4) is 0 Å². The molecule has 0 spiro atoms. The van der Waals surface area contributed by atoms with Crippen molar-refractivity contribution < 1.29 is 8.42 Å². The van der Waals surface area contributed by atoms with Crippen LogP contribution in [-0.4, -0.2) is 15.5 Å². The second kappa shape index (κ2) is 5.35. The molecule has 5 heteroatoms. The fourth-order valence-electron chi connectivity index (χ4n) is 1.84. The second-order valence-corrected chi connectivity index (χ2v) is 6.42. The van der Waals surface area contributed by atoms with Gasteiger partial charge >= 0.3 is 0 Å². The molecular formula is C15H14N2O2S. The molecule has 0 unspecified atom stereocenters. The zero-order valence-electron chi connectivity index (χ0n) is 11.2. The van der Waals surface area contributed by atoms with Gasteiger partial charge in [-0.3, -0.25) is 4.31 Å². The van der Waals surface area contributed by atoms with Crippen molar-refractivity contribution in [3.63, 3.8) is 0 Å².